The van der Waals surface area contributed by atoms with Crippen molar-refractivity contribution >= 4 is 11.0 Å². The maximum Gasteiger partial charge on any atom is 0.128 e. The fourth-order valence-electron chi connectivity index (χ4n) is 11.4. The van der Waals surface area contributed by atoms with Crippen LogP contribution in [0.2, 0.25) is 0 Å². The van der Waals surface area contributed by atoms with Crippen LogP contribution in [0.4, 0.5) is 22.0 Å². The van der Waals surface area contributed by atoms with Gasteiger partial charge in [0.2, 0.25) is 0 Å². The molecule has 0 amide bonds. The molecule has 24 heteroatoms. The molecule has 14 nitrogen and oxygen atoms in total. The summed E-state index contributed by atoms with van der Waals surface area (Å²) in [5, 5.41) is 13.4. The molecule has 5 radical (unpaired) electrons. The van der Waals surface area contributed by atoms with Crippen LogP contribution < -0.4 is 0 Å². The topological polar surface area (TPSA) is 141 Å². The van der Waals surface area contributed by atoms with Gasteiger partial charge >= 0.3 is 0 Å². The molecule has 0 spiro atoms. The molecule has 0 aliphatic carbocycles. The molecule has 613 valence electrons. The molecule has 9 heterocycles. The average Bonchev–Trinajstić information content (AvgIpc) is 1.60. The average molecular weight is 2460 g/mol. The summed E-state index contributed by atoms with van der Waals surface area (Å²) in [5.41, 5.74) is 16.9. The molecular formula is C94H80F5Ir5N14-7. The van der Waals surface area contributed by atoms with Gasteiger partial charge in [-0.15, -0.1) is 102 Å². The number of fused-ring (bicyclic) bond motifs is 1. The molecule has 0 atom stereocenters. The van der Waals surface area contributed by atoms with Crippen molar-refractivity contribution in [2.24, 2.45) is 7.05 Å². The molecule has 118 heavy (non-hydrogen) atoms. The van der Waals surface area contributed by atoms with Gasteiger partial charge in [-0.05, 0) is 109 Å². The third-order valence-corrected chi connectivity index (χ3v) is 16.9. The molecule has 0 aliphatic rings. The van der Waals surface area contributed by atoms with Crippen molar-refractivity contribution in [1.29, 1.82) is 0 Å². The van der Waals surface area contributed by atoms with Gasteiger partial charge in [-0.3, -0.25) is 42.6 Å². The third kappa shape index (κ3) is 26.5. The molecule has 0 fully saturated rings. The second-order valence-corrected chi connectivity index (χ2v) is 27.7. The molecule has 0 unspecified atom stereocenters. The first-order valence-electron chi connectivity index (χ1n) is 36.1. The summed E-state index contributed by atoms with van der Waals surface area (Å²) in [4.78, 5) is 24.3. The van der Waals surface area contributed by atoms with Crippen LogP contribution in [0.1, 0.15) is 75.6 Å². The van der Waals surface area contributed by atoms with Gasteiger partial charge in [-0.2, -0.15) is 58.7 Å². The zero-order valence-corrected chi connectivity index (χ0v) is 77.9. The molecule has 17 rings (SSSR count). The van der Waals surface area contributed by atoms with E-state index in [9.17, 15) is 22.0 Å². The van der Waals surface area contributed by atoms with Gasteiger partial charge in [-0.1, -0.05) is 175 Å². The largest absolute Gasteiger partial charge is 0.367 e. The zero-order chi connectivity index (χ0) is 80.0. The Morgan fingerprint density at radius 2 is 1.00 bits per heavy atom. The van der Waals surface area contributed by atoms with Crippen LogP contribution in [0, 0.1) is 99.6 Å². The Hall–Kier alpha value is -10.4. The van der Waals surface area contributed by atoms with E-state index in [1.165, 1.54) is 29.6 Å². The van der Waals surface area contributed by atoms with Crippen LogP contribution in [0.25, 0.3) is 90.5 Å². The van der Waals surface area contributed by atoms with E-state index in [-0.39, 0.29) is 128 Å². The van der Waals surface area contributed by atoms with Crippen molar-refractivity contribution in [2.45, 2.75) is 80.1 Å². The Balaban J connectivity index is 0.000000214. The summed E-state index contributed by atoms with van der Waals surface area (Å²) < 4.78 is 74.0. The minimum Gasteiger partial charge on any atom is -0.367 e. The number of aromatic nitrogens is 14. The van der Waals surface area contributed by atoms with Crippen LogP contribution in [-0.4, -0.2) is 68.4 Å². The summed E-state index contributed by atoms with van der Waals surface area (Å²) in [6.07, 6.45) is 9.88. The minimum absolute atomic E-state index is 0. The number of aryl methyl sites for hydroxylation is 5. The Morgan fingerprint density at radius 1 is 0.424 bits per heavy atom. The fourth-order valence-corrected chi connectivity index (χ4v) is 11.4. The Morgan fingerprint density at radius 3 is 1.54 bits per heavy atom. The third-order valence-electron chi connectivity index (χ3n) is 16.9. The molecule has 0 saturated heterocycles. The van der Waals surface area contributed by atoms with Gasteiger partial charge in [0.1, 0.15) is 11.9 Å². The van der Waals surface area contributed by atoms with E-state index in [0.29, 0.717) is 11.4 Å². The molecule has 0 N–H and O–H groups in total. The minimum atomic E-state index is -0.899. The number of pyridine rings is 4. The first kappa shape index (κ1) is 96.4. The standard InChI is InChI=1S/C20H21N2.C16H13N2.C14H10FN2.C12H14N3.C11H6F2N.C11H11N2.C10H5F2N2.5Ir/c1-15-9-8-10-16(13-15)19-21-14-18(20(2,3)4)22(19)17-11-6-5-7-12-17;1-13-12-16(14-8-4-2-5-9-14)18(17-13)15-10-6-3-7-11-15;1-17-13-5-3-2-4-12(13)16-14(17)10-6-8-11(15)9-7-10;1-12(2,3)10-7-9-15(14-10)11-6-4-5-8-13-11;12-8-4-5-9(10(13)7-8)11-3-1-2-6-14-11;1-9-8-10(2)13(12-9)11-6-4-3-5-7-11;11-9-5-4-7(10(12)14-9)8-3-1-2-6-13-8;;;;;/h5-9,11-14H,1-4H3;2-10,12H,1H3;2-6,8-9H,1H3;4-8H,1-3H3;1-4,6-7H;3-6,8H,1-2H3;1-3,5-6H;;;;;/q7*-1;;;;;. The van der Waals surface area contributed by atoms with E-state index in [4.69, 9.17) is 4.98 Å². The number of halogens is 5. The Bertz CT molecular complexity index is 5710. The number of benzene rings is 8. The van der Waals surface area contributed by atoms with E-state index in [2.05, 4.69) is 197 Å². The Kier molecular flexibility index (Phi) is 37.6. The summed E-state index contributed by atoms with van der Waals surface area (Å²) in [6.45, 7) is 21.2. The van der Waals surface area contributed by atoms with Crippen molar-refractivity contribution in [1.82, 2.24) is 68.4 Å². The van der Waals surface area contributed by atoms with Gasteiger partial charge < -0.3 is 28.8 Å². The molecule has 8 aromatic carbocycles. The number of hydrogen-bond donors (Lipinski definition) is 0. The van der Waals surface area contributed by atoms with Crippen LogP contribution in [-0.2, 0) is 118 Å². The Labute approximate surface area is 753 Å². The molecule has 0 bridgehead atoms. The van der Waals surface area contributed by atoms with Crippen LogP contribution in [0.15, 0.2) is 286 Å². The zero-order valence-electron chi connectivity index (χ0n) is 66.0. The van der Waals surface area contributed by atoms with E-state index in [0.717, 1.165) is 109 Å². The fraction of sp³-hybridized carbons (Fsp3) is 0.138. The van der Waals surface area contributed by atoms with Crippen molar-refractivity contribution < 1.29 is 122 Å². The van der Waals surface area contributed by atoms with Crippen LogP contribution in [0.3, 0.4) is 0 Å². The van der Waals surface area contributed by atoms with Crippen LogP contribution >= 0.6 is 0 Å². The molecular weight excluding hydrogens is 2380 g/mol. The van der Waals surface area contributed by atoms with Gasteiger partial charge in [0.05, 0.1) is 45.6 Å². The van der Waals surface area contributed by atoms with E-state index >= 15 is 0 Å². The summed E-state index contributed by atoms with van der Waals surface area (Å²) in [7, 11) is 1.95. The van der Waals surface area contributed by atoms with Crippen molar-refractivity contribution in [3.05, 3.63) is 392 Å². The number of hydrogen-bond acceptors (Lipinski definition) is 9. The number of imidazole rings is 2. The number of nitrogens with zero attached hydrogens (tertiary/aromatic N) is 14. The van der Waals surface area contributed by atoms with Crippen LogP contribution in [0.5, 0.6) is 0 Å². The van der Waals surface area contributed by atoms with E-state index in [1.807, 2.05) is 175 Å². The van der Waals surface area contributed by atoms with Crippen molar-refractivity contribution in [3.8, 4) is 79.4 Å². The predicted molar refractivity (Wildman–Crippen MR) is 434 cm³/mol. The van der Waals surface area contributed by atoms with Crippen molar-refractivity contribution in [3.63, 3.8) is 0 Å². The van der Waals surface area contributed by atoms with Gasteiger partial charge in [-0.25, -0.2) is 8.78 Å². The molecule has 9 aromatic heterocycles. The van der Waals surface area contributed by atoms with E-state index < -0.39 is 23.5 Å². The quantitative estimate of drug-likeness (QED) is 0.0784. The monoisotopic (exact) mass is 2460 g/mol. The summed E-state index contributed by atoms with van der Waals surface area (Å²) in [6, 6.07) is 97.2. The van der Waals surface area contributed by atoms with Gasteiger partial charge in [0.25, 0.3) is 0 Å². The second kappa shape index (κ2) is 46.1. The second-order valence-electron chi connectivity index (χ2n) is 27.7. The normalized spacial score (nSPS) is 10.4. The maximum absolute atomic E-state index is 13.2. The number of rotatable bonds is 9. The van der Waals surface area contributed by atoms with Gasteiger partial charge in [0, 0.05) is 178 Å². The molecule has 0 saturated carbocycles. The van der Waals surface area contributed by atoms with Gasteiger partial charge in [0.15, 0.2) is 0 Å². The molecule has 0 aliphatic heterocycles. The first-order valence-corrected chi connectivity index (χ1v) is 36.1. The SMILES string of the molecule is CC(C)(C)c1c[c-]n(-c2ccccn2)n1.Cc1cc(-c2ccccc2)n(-c2[c-]cccc2)n1.Cc1cc(C)n(-c2[c-]cccc2)n1.Cc1cc[c-]c(-c2ncc(C(C)(C)C)n2-c2ccccc2)c1.Cn1c(-c2[c-]cc(F)cc2)nc2ccccc21.Fc1c[c-]c(-c2ccccn2)c(F)c1.Fc1c[c-]c(-c2ccccn2)c(F)n1.[Ir].[Ir].[Ir].[Ir].[Ir]. The maximum atomic E-state index is 13.2. The smallest absolute Gasteiger partial charge is 0.128 e. The van der Waals surface area contributed by atoms with Crippen molar-refractivity contribution in [2.75, 3.05) is 0 Å². The predicted octanol–water partition coefficient (Wildman–Crippen LogP) is 21.5. The molecule has 17 aromatic rings. The van der Waals surface area contributed by atoms with E-state index in [1.54, 1.807) is 59.5 Å². The first-order chi connectivity index (χ1) is 54.4. The summed E-state index contributed by atoms with van der Waals surface area (Å²) >= 11 is 0. The summed E-state index contributed by atoms with van der Waals surface area (Å²) in [5.74, 6) is -0.816. The number of para-hydroxylation sites is 5.